The summed E-state index contributed by atoms with van der Waals surface area (Å²) in [6.45, 7) is 7.29. The van der Waals surface area contributed by atoms with Gasteiger partial charge in [-0.05, 0) is 98.8 Å². The van der Waals surface area contributed by atoms with Crippen LogP contribution in [0.15, 0.2) is 73.3 Å². The molecule has 0 amide bonds. The lowest BCUT2D eigenvalue weighted by Gasteiger charge is -2.29. The van der Waals surface area contributed by atoms with E-state index in [2.05, 4.69) is 74.2 Å². The summed E-state index contributed by atoms with van der Waals surface area (Å²) in [7, 11) is 0. The van der Waals surface area contributed by atoms with Crippen LogP contribution < -0.4 is 0 Å². The summed E-state index contributed by atoms with van der Waals surface area (Å²) in [6, 6.07) is 18.5. The Balaban J connectivity index is 1.37. The van der Waals surface area contributed by atoms with Gasteiger partial charge >= 0.3 is 0 Å². The third-order valence-corrected chi connectivity index (χ3v) is 6.73. The minimum Gasteiger partial charge on any atom is -0.376 e. The number of benzene rings is 2. The van der Waals surface area contributed by atoms with Gasteiger partial charge in [0.15, 0.2) is 0 Å². The van der Waals surface area contributed by atoms with Gasteiger partial charge in [0.1, 0.15) is 0 Å². The molecule has 0 bridgehead atoms. The van der Waals surface area contributed by atoms with Gasteiger partial charge in [-0.3, -0.25) is 0 Å². The summed E-state index contributed by atoms with van der Waals surface area (Å²) in [5.41, 5.74) is 5.75. The zero-order chi connectivity index (χ0) is 21.7. The molecular weight excluding hydrogens is 376 g/mol. The summed E-state index contributed by atoms with van der Waals surface area (Å²) in [6.07, 6.45) is 17.5. The fourth-order valence-electron chi connectivity index (χ4n) is 4.69. The Bertz CT molecular complexity index is 776. The molecule has 0 heterocycles. The van der Waals surface area contributed by atoms with Crippen LogP contribution in [0.1, 0.15) is 80.0 Å². The van der Waals surface area contributed by atoms with E-state index in [0.29, 0.717) is 6.61 Å². The molecule has 1 fully saturated rings. The highest BCUT2D eigenvalue weighted by Gasteiger charge is 2.22. The fourth-order valence-corrected chi connectivity index (χ4v) is 4.69. The van der Waals surface area contributed by atoms with Crippen LogP contribution in [0.3, 0.4) is 0 Å². The number of hydrogen-bond donors (Lipinski definition) is 0. The first kappa shape index (κ1) is 23.5. The van der Waals surface area contributed by atoms with Crippen LogP contribution in [0.4, 0.5) is 0 Å². The predicted octanol–water partition coefficient (Wildman–Crippen LogP) is 8.19. The normalized spacial score (nSPS) is 19.0. The van der Waals surface area contributed by atoms with Crippen LogP contribution in [-0.2, 0) is 24.2 Å². The van der Waals surface area contributed by atoms with E-state index in [1.807, 2.05) is 6.08 Å². The monoisotopic (exact) mass is 416 g/mol. The van der Waals surface area contributed by atoms with Crippen LogP contribution >= 0.6 is 0 Å². The third-order valence-electron chi connectivity index (χ3n) is 6.73. The van der Waals surface area contributed by atoms with E-state index < -0.39 is 0 Å². The number of allylic oxidation sites excluding steroid dienone is 2. The van der Waals surface area contributed by atoms with Crippen LogP contribution in [0.2, 0.25) is 0 Å². The molecule has 0 radical (unpaired) electrons. The molecule has 1 saturated carbocycles. The largest absolute Gasteiger partial charge is 0.376 e. The van der Waals surface area contributed by atoms with Gasteiger partial charge in [0, 0.05) is 0 Å². The van der Waals surface area contributed by atoms with E-state index in [-0.39, 0.29) is 0 Å². The van der Waals surface area contributed by atoms with Crippen molar-refractivity contribution in [3.8, 4) is 0 Å². The maximum Gasteiger partial charge on any atom is 0.0717 e. The highest BCUT2D eigenvalue weighted by Crippen LogP contribution is 2.37. The summed E-state index contributed by atoms with van der Waals surface area (Å²) in [5, 5.41) is 0. The summed E-state index contributed by atoms with van der Waals surface area (Å²) >= 11 is 0. The predicted molar refractivity (Wildman–Crippen MR) is 134 cm³/mol. The molecule has 166 valence electrons. The van der Waals surface area contributed by atoms with Crippen molar-refractivity contribution in [1.29, 1.82) is 0 Å². The van der Waals surface area contributed by atoms with Gasteiger partial charge in [-0.1, -0.05) is 66.8 Å². The van der Waals surface area contributed by atoms with Crippen molar-refractivity contribution in [1.82, 2.24) is 0 Å². The zero-order valence-corrected chi connectivity index (χ0v) is 19.4. The highest BCUT2D eigenvalue weighted by molar-refractivity contribution is 5.26. The topological polar surface area (TPSA) is 9.23 Å². The smallest absolute Gasteiger partial charge is 0.0717 e. The van der Waals surface area contributed by atoms with E-state index >= 15 is 0 Å². The average Bonchev–Trinajstić information content (AvgIpc) is 2.82. The summed E-state index contributed by atoms with van der Waals surface area (Å²) in [4.78, 5) is 0. The zero-order valence-electron chi connectivity index (χ0n) is 19.4. The van der Waals surface area contributed by atoms with Crippen LogP contribution in [0, 0.1) is 5.92 Å². The van der Waals surface area contributed by atoms with Crippen molar-refractivity contribution in [3.05, 3.63) is 95.6 Å². The summed E-state index contributed by atoms with van der Waals surface area (Å²) in [5.74, 6) is 1.63. The van der Waals surface area contributed by atoms with Gasteiger partial charge in [0.25, 0.3) is 0 Å². The number of aryl methyl sites for hydroxylation is 2. The first-order valence-corrected chi connectivity index (χ1v) is 12.2. The van der Waals surface area contributed by atoms with E-state index in [4.69, 9.17) is 4.74 Å². The molecule has 1 nitrogen and oxygen atoms in total. The van der Waals surface area contributed by atoms with Gasteiger partial charge in [-0.15, -0.1) is 6.58 Å². The second kappa shape index (κ2) is 13.3. The Morgan fingerprint density at radius 2 is 1.48 bits per heavy atom. The molecule has 0 spiro atoms. The van der Waals surface area contributed by atoms with E-state index in [9.17, 15) is 0 Å². The SMILES string of the molecule is C=CCCOCc1ccc(C2CCC(CCc3ccc(CC/C=C/C)cc3)CC2)cc1. The lowest BCUT2D eigenvalue weighted by Crippen LogP contribution is -2.14. The molecule has 2 aromatic carbocycles. The lowest BCUT2D eigenvalue weighted by molar-refractivity contribution is 0.125. The maximum absolute atomic E-state index is 5.68. The Hall–Kier alpha value is -2.12. The molecule has 0 atom stereocenters. The minimum absolute atomic E-state index is 0.706. The van der Waals surface area contributed by atoms with Gasteiger partial charge in [0.2, 0.25) is 0 Å². The average molecular weight is 417 g/mol. The Morgan fingerprint density at radius 1 is 0.839 bits per heavy atom. The molecule has 0 N–H and O–H groups in total. The first-order valence-electron chi connectivity index (χ1n) is 12.2. The van der Waals surface area contributed by atoms with Crippen LogP contribution in [0.25, 0.3) is 0 Å². The van der Waals surface area contributed by atoms with Gasteiger partial charge in [-0.25, -0.2) is 0 Å². The lowest BCUT2D eigenvalue weighted by atomic mass is 9.77. The number of ether oxygens (including phenoxy) is 1. The maximum atomic E-state index is 5.68. The molecular formula is C30H40O. The molecule has 1 aliphatic rings. The van der Waals surface area contributed by atoms with Crippen molar-refractivity contribution in [2.45, 2.75) is 77.2 Å². The van der Waals surface area contributed by atoms with E-state index in [1.54, 1.807) is 0 Å². The highest BCUT2D eigenvalue weighted by atomic mass is 16.5. The van der Waals surface area contributed by atoms with E-state index in [1.165, 1.54) is 60.8 Å². The quantitative estimate of drug-likeness (QED) is 0.250. The number of rotatable bonds is 12. The van der Waals surface area contributed by atoms with Gasteiger partial charge < -0.3 is 4.74 Å². The first-order chi connectivity index (χ1) is 15.3. The molecule has 0 aromatic heterocycles. The van der Waals surface area contributed by atoms with Crippen LogP contribution in [-0.4, -0.2) is 6.61 Å². The fraction of sp³-hybridized carbons (Fsp3) is 0.467. The number of hydrogen-bond acceptors (Lipinski definition) is 1. The standard InChI is InChI=1S/C30H40O/c1-3-5-7-8-25-9-11-26(12-10-25)13-14-27-15-19-29(20-16-27)30-21-17-28(18-22-30)24-31-23-6-4-2/h3-5,9-12,17-18,21-22,27,29H,2,6-8,13-16,19-20,23-24H2,1H3/b5-3+. The second-order valence-electron chi connectivity index (χ2n) is 9.05. The molecule has 31 heavy (non-hydrogen) atoms. The van der Waals surface area contributed by atoms with Gasteiger partial charge in [-0.2, -0.15) is 0 Å². The molecule has 0 unspecified atom stereocenters. The molecule has 3 rings (SSSR count). The van der Waals surface area contributed by atoms with Crippen molar-refractivity contribution in [3.63, 3.8) is 0 Å². The molecule has 1 aliphatic carbocycles. The Kier molecular flexibility index (Phi) is 10.1. The molecule has 1 heteroatoms. The molecule has 2 aromatic rings. The Labute approximate surface area is 190 Å². The summed E-state index contributed by atoms with van der Waals surface area (Å²) < 4.78 is 5.68. The van der Waals surface area contributed by atoms with Crippen molar-refractivity contribution < 1.29 is 4.74 Å². The van der Waals surface area contributed by atoms with E-state index in [0.717, 1.165) is 37.7 Å². The molecule has 0 saturated heterocycles. The van der Waals surface area contributed by atoms with Gasteiger partial charge in [0.05, 0.1) is 13.2 Å². The minimum atomic E-state index is 0.706. The Morgan fingerprint density at radius 3 is 2.13 bits per heavy atom. The van der Waals surface area contributed by atoms with Crippen molar-refractivity contribution in [2.24, 2.45) is 5.92 Å². The second-order valence-corrected chi connectivity index (χ2v) is 9.05. The van der Waals surface area contributed by atoms with Crippen molar-refractivity contribution in [2.75, 3.05) is 6.61 Å². The van der Waals surface area contributed by atoms with Crippen molar-refractivity contribution >= 4 is 0 Å². The van der Waals surface area contributed by atoms with Crippen LogP contribution in [0.5, 0.6) is 0 Å². The third kappa shape index (κ3) is 8.15. The molecule has 0 aliphatic heterocycles.